The number of furan rings is 1. The number of aromatic nitrogens is 3. The van der Waals surface area contributed by atoms with Crippen LogP contribution in [-0.4, -0.2) is 26.4 Å². The van der Waals surface area contributed by atoms with Gasteiger partial charge >= 0.3 is 0 Å². The summed E-state index contributed by atoms with van der Waals surface area (Å²) in [6, 6.07) is 13.3. The zero-order chi connectivity index (χ0) is 16.9. The zero-order valence-electron chi connectivity index (χ0n) is 13.5. The number of rotatable bonds is 6. The van der Waals surface area contributed by atoms with Crippen molar-refractivity contribution in [2.45, 2.75) is 18.1 Å². The van der Waals surface area contributed by atoms with E-state index in [0.29, 0.717) is 5.16 Å². The van der Waals surface area contributed by atoms with Gasteiger partial charge in [0.15, 0.2) is 11.0 Å². The maximum Gasteiger partial charge on any atom is 0.231 e. The lowest BCUT2D eigenvalue weighted by molar-refractivity contribution is -0.119. The molecule has 0 spiro atoms. The minimum absolute atomic E-state index is 0.0758. The van der Waals surface area contributed by atoms with E-state index >= 15 is 0 Å². The third-order valence-corrected chi connectivity index (χ3v) is 4.57. The molecule has 0 fully saturated rings. The van der Waals surface area contributed by atoms with Crippen molar-refractivity contribution >= 4 is 17.7 Å². The number of carbonyl (C=O) groups is 1. The molecule has 3 aromatic rings. The number of nitrogens with zero attached hydrogens (tertiary/aromatic N) is 3. The van der Waals surface area contributed by atoms with Crippen molar-refractivity contribution in [1.82, 2.24) is 20.1 Å². The van der Waals surface area contributed by atoms with Gasteiger partial charge in [-0.25, -0.2) is 0 Å². The summed E-state index contributed by atoms with van der Waals surface area (Å²) in [4.78, 5) is 12.1. The third kappa shape index (κ3) is 3.68. The van der Waals surface area contributed by atoms with Crippen molar-refractivity contribution in [2.24, 2.45) is 7.05 Å². The van der Waals surface area contributed by atoms with E-state index in [9.17, 15) is 4.79 Å². The summed E-state index contributed by atoms with van der Waals surface area (Å²) < 4.78 is 7.17. The minimum atomic E-state index is -0.160. The van der Waals surface area contributed by atoms with E-state index in [1.54, 1.807) is 12.3 Å². The Bertz CT molecular complexity index is 799. The van der Waals surface area contributed by atoms with Crippen LogP contribution in [0.3, 0.4) is 0 Å². The van der Waals surface area contributed by atoms with Gasteiger partial charge in [-0.2, -0.15) is 0 Å². The molecule has 1 atom stereocenters. The molecule has 1 unspecified atom stereocenters. The van der Waals surface area contributed by atoms with Crippen LogP contribution in [0.5, 0.6) is 0 Å². The smallest absolute Gasteiger partial charge is 0.231 e. The van der Waals surface area contributed by atoms with E-state index in [1.165, 1.54) is 11.8 Å². The summed E-state index contributed by atoms with van der Waals surface area (Å²) in [5.74, 6) is 1.71. The van der Waals surface area contributed by atoms with Crippen molar-refractivity contribution < 1.29 is 9.21 Å². The molecule has 124 valence electrons. The summed E-state index contributed by atoms with van der Waals surface area (Å²) in [7, 11) is 1.90. The lowest BCUT2D eigenvalue weighted by Crippen LogP contribution is -2.28. The number of amides is 1. The molecule has 0 bridgehead atoms. The Morgan fingerprint density at radius 3 is 2.75 bits per heavy atom. The van der Waals surface area contributed by atoms with Crippen LogP contribution in [0.2, 0.25) is 0 Å². The van der Waals surface area contributed by atoms with Crippen LogP contribution >= 0.6 is 11.8 Å². The van der Waals surface area contributed by atoms with Gasteiger partial charge < -0.3 is 14.3 Å². The van der Waals surface area contributed by atoms with E-state index in [2.05, 4.69) is 15.5 Å². The van der Waals surface area contributed by atoms with Crippen LogP contribution in [-0.2, 0) is 11.8 Å². The van der Waals surface area contributed by atoms with Gasteiger partial charge in [0, 0.05) is 12.6 Å². The van der Waals surface area contributed by atoms with Crippen LogP contribution in [0.4, 0.5) is 0 Å². The normalized spacial score (nSPS) is 12.1. The molecule has 0 aliphatic heterocycles. The number of nitrogens with one attached hydrogen (secondary N) is 1. The molecule has 0 saturated carbocycles. The van der Waals surface area contributed by atoms with E-state index < -0.39 is 0 Å². The highest BCUT2D eigenvalue weighted by atomic mass is 32.2. The van der Waals surface area contributed by atoms with Gasteiger partial charge in [-0.05, 0) is 19.1 Å². The fourth-order valence-electron chi connectivity index (χ4n) is 2.30. The predicted octanol–water partition coefficient (Wildman–Crippen LogP) is 3.04. The van der Waals surface area contributed by atoms with Gasteiger partial charge in [-0.1, -0.05) is 42.1 Å². The number of carbonyl (C=O) groups excluding carboxylic acids is 1. The van der Waals surface area contributed by atoms with Crippen LogP contribution in [0.25, 0.3) is 11.4 Å². The SMILES string of the molecule is CC(NC(=O)CSc1nnc(-c2ccccc2)n1C)c1ccco1. The average molecular weight is 342 g/mol. The molecule has 24 heavy (non-hydrogen) atoms. The van der Waals surface area contributed by atoms with Gasteiger partial charge in [0.05, 0.1) is 18.1 Å². The molecule has 0 saturated heterocycles. The summed E-state index contributed by atoms with van der Waals surface area (Å²) in [5, 5.41) is 12.0. The topological polar surface area (TPSA) is 73.0 Å². The molecule has 1 amide bonds. The van der Waals surface area contributed by atoms with Gasteiger partial charge in [0.2, 0.25) is 5.91 Å². The molecule has 7 heteroatoms. The highest BCUT2D eigenvalue weighted by molar-refractivity contribution is 7.99. The molecule has 1 N–H and O–H groups in total. The second-order valence-electron chi connectivity index (χ2n) is 5.32. The lowest BCUT2D eigenvalue weighted by Gasteiger charge is -2.11. The van der Waals surface area contributed by atoms with Crippen LogP contribution in [0, 0.1) is 0 Å². The van der Waals surface area contributed by atoms with Crippen molar-refractivity contribution in [2.75, 3.05) is 5.75 Å². The molecule has 2 aromatic heterocycles. The Hall–Kier alpha value is -2.54. The molecule has 0 aliphatic carbocycles. The van der Waals surface area contributed by atoms with Crippen LogP contribution < -0.4 is 5.32 Å². The summed E-state index contributed by atoms with van der Waals surface area (Å²) >= 11 is 1.36. The number of hydrogen-bond acceptors (Lipinski definition) is 5. The summed E-state index contributed by atoms with van der Waals surface area (Å²) in [6.45, 7) is 1.89. The molecule has 3 rings (SSSR count). The van der Waals surface area contributed by atoms with Gasteiger partial charge in [0.1, 0.15) is 5.76 Å². The Morgan fingerprint density at radius 2 is 2.04 bits per heavy atom. The molecular formula is C17H18N4O2S. The molecule has 0 aliphatic rings. The lowest BCUT2D eigenvalue weighted by atomic mass is 10.2. The standard InChI is InChI=1S/C17H18N4O2S/c1-12(14-9-6-10-23-14)18-15(22)11-24-17-20-19-16(21(17)2)13-7-4-3-5-8-13/h3-10,12H,11H2,1-2H3,(H,18,22). The van der Waals surface area contributed by atoms with E-state index in [1.807, 2.05) is 54.9 Å². The molecule has 6 nitrogen and oxygen atoms in total. The Kier molecular flexibility index (Phi) is 5.00. The molecule has 1 aromatic carbocycles. The van der Waals surface area contributed by atoms with Crippen molar-refractivity contribution in [3.8, 4) is 11.4 Å². The maximum absolute atomic E-state index is 12.1. The second kappa shape index (κ2) is 7.35. The fraction of sp³-hybridized carbons (Fsp3) is 0.235. The van der Waals surface area contributed by atoms with E-state index in [-0.39, 0.29) is 17.7 Å². The minimum Gasteiger partial charge on any atom is -0.467 e. The van der Waals surface area contributed by atoms with E-state index in [4.69, 9.17) is 4.42 Å². The summed E-state index contributed by atoms with van der Waals surface area (Å²) in [6.07, 6.45) is 1.59. The quantitative estimate of drug-likeness (QED) is 0.697. The Morgan fingerprint density at radius 1 is 1.25 bits per heavy atom. The third-order valence-electron chi connectivity index (χ3n) is 3.55. The first-order valence-electron chi connectivity index (χ1n) is 7.55. The van der Waals surface area contributed by atoms with Crippen LogP contribution in [0.15, 0.2) is 58.3 Å². The first-order valence-corrected chi connectivity index (χ1v) is 8.54. The monoisotopic (exact) mass is 342 g/mol. The zero-order valence-corrected chi connectivity index (χ0v) is 14.3. The van der Waals surface area contributed by atoms with Crippen molar-refractivity contribution in [1.29, 1.82) is 0 Å². The molecular weight excluding hydrogens is 324 g/mol. The highest BCUT2D eigenvalue weighted by Crippen LogP contribution is 2.22. The Balaban J connectivity index is 1.59. The van der Waals surface area contributed by atoms with Crippen molar-refractivity contribution in [3.05, 3.63) is 54.5 Å². The largest absolute Gasteiger partial charge is 0.467 e. The van der Waals surface area contributed by atoms with Gasteiger partial charge in [-0.15, -0.1) is 10.2 Å². The van der Waals surface area contributed by atoms with E-state index in [0.717, 1.165) is 17.1 Å². The highest BCUT2D eigenvalue weighted by Gasteiger charge is 2.15. The fourth-order valence-corrected chi connectivity index (χ4v) is 3.02. The number of hydrogen-bond donors (Lipinski definition) is 1. The van der Waals surface area contributed by atoms with Gasteiger partial charge in [0.25, 0.3) is 0 Å². The first-order chi connectivity index (χ1) is 11.6. The number of thioether (sulfide) groups is 1. The maximum atomic E-state index is 12.1. The first kappa shape index (κ1) is 16.3. The van der Waals surface area contributed by atoms with Crippen LogP contribution in [0.1, 0.15) is 18.7 Å². The molecule has 2 heterocycles. The Labute approximate surface area is 144 Å². The van der Waals surface area contributed by atoms with Gasteiger partial charge in [-0.3, -0.25) is 4.79 Å². The van der Waals surface area contributed by atoms with Crippen molar-refractivity contribution in [3.63, 3.8) is 0 Å². The predicted molar refractivity (Wildman–Crippen MR) is 92.4 cm³/mol. The molecule has 0 radical (unpaired) electrons. The summed E-state index contributed by atoms with van der Waals surface area (Å²) in [5.41, 5.74) is 0.996. The second-order valence-corrected chi connectivity index (χ2v) is 6.27. The number of benzene rings is 1. The average Bonchev–Trinajstić information content (AvgIpc) is 3.24.